The van der Waals surface area contributed by atoms with Crippen LogP contribution in [0.15, 0.2) is 0 Å². The predicted octanol–water partition coefficient (Wildman–Crippen LogP) is 2.73. The van der Waals surface area contributed by atoms with Gasteiger partial charge in [-0.1, -0.05) is 0 Å². The maximum absolute atomic E-state index is 11.9. The molecule has 19 heavy (non-hydrogen) atoms. The Bertz CT molecular complexity index is 279. The minimum atomic E-state index is -0.402. The Morgan fingerprint density at radius 1 is 1.42 bits per heavy atom. The number of thioether (sulfide) groups is 1. The second-order valence-electron chi connectivity index (χ2n) is 6.07. The molecule has 0 aromatic heterocycles. The first-order valence-electron chi connectivity index (χ1n) is 7.12. The molecule has 0 spiro atoms. The molecule has 0 aromatic carbocycles. The molecule has 1 heterocycles. The van der Waals surface area contributed by atoms with Crippen LogP contribution in [0.5, 0.6) is 0 Å². The minimum absolute atomic E-state index is 0.181. The topological polar surface area (TPSA) is 41.6 Å². The maximum Gasteiger partial charge on any atom is 0.410 e. The Balaban J connectivity index is 2.17. The molecule has 5 heteroatoms. The average Bonchev–Trinajstić information content (AvgIpc) is 2.75. The van der Waals surface area contributed by atoms with Gasteiger partial charge in [0.05, 0.1) is 0 Å². The smallest absolute Gasteiger partial charge is 0.410 e. The van der Waals surface area contributed by atoms with Gasteiger partial charge in [0.1, 0.15) is 5.60 Å². The van der Waals surface area contributed by atoms with E-state index in [2.05, 4.69) is 11.6 Å². The Labute approximate surface area is 121 Å². The number of nitrogens with zero attached hydrogens (tertiary/aromatic N) is 1. The number of hydrogen-bond donors (Lipinski definition) is 1. The lowest BCUT2D eigenvalue weighted by Crippen LogP contribution is -2.38. The van der Waals surface area contributed by atoms with E-state index in [4.69, 9.17) is 4.74 Å². The van der Waals surface area contributed by atoms with E-state index in [1.807, 2.05) is 37.4 Å². The summed E-state index contributed by atoms with van der Waals surface area (Å²) in [6, 6.07) is 0.432. The van der Waals surface area contributed by atoms with E-state index in [0.29, 0.717) is 6.04 Å². The van der Waals surface area contributed by atoms with Crippen LogP contribution in [-0.2, 0) is 4.74 Å². The summed E-state index contributed by atoms with van der Waals surface area (Å²) >= 11 is 1.90. The number of rotatable bonds is 6. The minimum Gasteiger partial charge on any atom is -0.444 e. The van der Waals surface area contributed by atoms with Gasteiger partial charge in [0.15, 0.2) is 0 Å². The molecule has 1 aliphatic rings. The second-order valence-corrected chi connectivity index (χ2v) is 7.05. The SMILES string of the molecule is CSCCCCNC1CCN(C(=O)OC(C)(C)C)C1. The summed E-state index contributed by atoms with van der Waals surface area (Å²) < 4.78 is 5.38. The van der Waals surface area contributed by atoms with Crippen molar-refractivity contribution in [3.05, 3.63) is 0 Å². The zero-order chi connectivity index (χ0) is 14.3. The highest BCUT2D eigenvalue weighted by Crippen LogP contribution is 2.15. The van der Waals surface area contributed by atoms with Crippen LogP contribution in [0, 0.1) is 0 Å². The first-order valence-corrected chi connectivity index (χ1v) is 8.52. The molecule has 1 amide bonds. The summed E-state index contributed by atoms with van der Waals surface area (Å²) in [4.78, 5) is 13.7. The fourth-order valence-electron chi connectivity index (χ4n) is 2.10. The number of nitrogens with one attached hydrogen (secondary N) is 1. The average molecular weight is 288 g/mol. The van der Waals surface area contributed by atoms with Gasteiger partial charge < -0.3 is 15.0 Å². The second kappa shape index (κ2) is 8.00. The van der Waals surface area contributed by atoms with Crippen molar-refractivity contribution in [1.29, 1.82) is 0 Å². The number of likely N-dealkylation sites (tertiary alicyclic amines) is 1. The van der Waals surface area contributed by atoms with Gasteiger partial charge in [0, 0.05) is 19.1 Å². The number of ether oxygens (including phenoxy) is 1. The molecule has 1 atom stereocenters. The number of carbonyl (C=O) groups excluding carboxylic acids is 1. The summed E-state index contributed by atoms with van der Waals surface area (Å²) in [6.45, 7) is 8.34. The van der Waals surface area contributed by atoms with Gasteiger partial charge >= 0.3 is 6.09 Å². The molecule has 0 aliphatic carbocycles. The van der Waals surface area contributed by atoms with Crippen LogP contribution in [0.3, 0.4) is 0 Å². The molecule has 0 bridgehead atoms. The maximum atomic E-state index is 11.9. The summed E-state index contributed by atoms with van der Waals surface area (Å²) in [5.74, 6) is 1.23. The van der Waals surface area contributed by atoms with Crippen LogP contribution in [0.25, 0.3) is 0 Å². The predicted molar refractivity (Wildman–Crippen MR) is 81.8 cm³/mol. The van der Waals surface area contributed by atoms with Crippen LogP contribution >= 0.6 is 11.8 Å². The van der Waals surface area contributed by atoms with Crippen LogP contribution < -0.4 is 5.32 Å². The lowest BCUT2D eigenvalue weighted by Gasteiger charge is -2.24. The molecule has 1 N–H and O–H groups in total. The van der Waals surface area contributed by atoms with E-state index < -0.39 is 5.60 Å². The monoisotopic (exact) mass is 288 g/mol. The van der Waals surface area contributed by atoms with Crippen molar-refractivity contribution >= 4 is 17.9 Å². The van der Waals surface area contributed by atoms with Gasteiger partial charge in [-0.3, -0.25) is 0 Å². The fraction of sp³-hybridized carbons (Fsp3) is 0.929. The van der Waals surface area contributed by atoms with E-state index in [1.54, 1.807) is 0 Å². The molecule has 1 fully saturated rings. The highest BCUT2D eigenvalue weighted by Gasteiger charge is 2.29. The Kier molecular flexibility index (Phi) is 7.00. The lowest BCUT2D eigenvalue weighted by atomic mass is 10.2. The summed E-state index contributed by atoms with van der Waals surface area (Å²) in [5, 5.41) is 3.53. The normalized spacial score (nSPS) is 19.8. The summed E-state index contributed by atoms with van der Waals surface area (Å²) in [5.41, 5.74) is -0.402. The molecule has 1 saturated heterocycles. The third-order valence-electron chi connectivity index (χ3n) is 3.05. The van der Waals surface area contributed by atoms with Crippen molar-refractivity contribution in [2.45, 2.75) is 51.7 Å². The van der Waals surface area contributed by atoms with Crippen LogP contribution in [0.4, 0.5) is 4.79 Å². The fourth-order valence-corrected chi connectivity index (χ4v) is 2.59. The first kappa shape index (κ1) is 16.6. The summed E-state index contributed by atoms with van der Waals surface area (Å²) in [6.07, 6.45) is 5.46. The third kappa shape index (κ3) is 7.06. The van der Waals surface area contributed by atoms with Gasteiger partial charge in [-0.05, 0) is 58.6 Å². The Morgan fingerprint density at radius 2 is 2.16 bits per heavy atom. The lowest BCUT2D eigenvalue weighted by molar-refractivity contribution is 0.0291. The number of amides is 1. The molecular weight excluding hydrogens is 260 g/mol. The number of unbranched alkanes of at least 4 members (excludes halogenated alkanes) is 1. The van der Waals surface area contributed by atoms with E-state index in [1.165, 1.54) is 18.6 Å². The van der Waals surface area contributed by atoms with E-state index >= 15 is 0 Å². The summed E-state index contributed by atoms with van der Waals surface area (Å²) in [7, 11) is 0. The number of hydrogen-bond acceptors (Lipinski definition) is 4. The van der Waals surface area contributed by atoms with Crippen LogP contribution in [0.1, 0.15) is 40.0 Å². The zero-order valence-electron chi connectivity index (χ0n) is 12.7. The highest BCUT2D eigenvalue weighted by molar-refractivity contribution is 7.98. The van der Waals surface area contributed by atoms with Gasteiger partial charge in [-0.2, -0.15) is 11.8 Å². The molecule has 0 radical (unpaired) electrons. The van der Waals surface area contributed by atoms with Crippen molar-refractivity contribution in [2.24, 2.45) is 0 Å². The largest absolute Gasteiger partial charge is 0.444 e. The molecule has 1 aliphatic heterocycles. The first-order chi connectivity index (χ1) is 8.92. The Morgan fingerprint density at radius 3 is 2.79 bits per heavy atom. The van der Waals surface area contributed by atoms with Crippen molar-refractivity contribution < 1.29 is 9.53 Å². The van der Waals surface area contributed by atoms with Gasteiger partial charge in [0.25, 0.3) is 0 Å². The van der Waals surface area contributed by atoms with Crippen molar-refractivity contribution in [2.75, 3.05) is 31.6 Å². The van der Waals surface area contributed by atoms with E-state index in [9.17, 15) is 4.79 Å². The third-order valence-corrected chi connectivity index (χ3v) is 3.75. The molecule has 0 saturated carbocycles. The van der Waals surface area contributed by atoms with Crippen molar-refractivity contribution in [3.8, 4) is 0 Å². The van der Waals surface area contributed by atoms with Crippen LogP contribution in [0.2, 0.25) is 0 Å². The molecule has 0 aromatic rings. The molecule has 4 nitrogen and oxygen atoms in total. The van der Waals surface area contributed by atoms with Gasteiger partial charge in [-0.15, -0.1) is 0 Å². The van der Waals surface area contributed by atoms with Crippen molar-refractivity contribution in [1.82, 2.24) is 10.2 Å². The van der Waals surface area contributed by atoms with Gasteiger partial charge in [-0.25, -0.2) is 4.79 Å². The van der Waals surface area contributed by atoms with E-state index in [0.717, 1.165) is 26.1 Å². The van der Waals surface area contributed by atoms with E-state index in [-0.39, 0.29) is 6.09 Å². The highest BCUT2D eigenvalue weighted by atomic mass is 32.2. The molecule has 112 valence electrons. The molecule has 1 unspecified atom stereocenters. The molecule has 1 rings (SSSR count). The number of carbonyl (C=O) groups is 1. The standard InChI is InChI=1S/C14H28N2O2S/c1-14(2,3)18-13(17)16-9-7-12(11-16)15-8-5-6-10-19-4/h12,15H,5-11H2,1-4H3. The quantitative estimate of drug-likeness (QED) is 0.763. The molecular formula is C14H28N2O2S. The van der Waals surface area contributed by atoms with Crippen LogP contribution in [-0.4, -0.2) is 54.3 Å². The zero-order valence-corrected chi connectivity index (χ0v) is 13.5. The Hall–Kier alpha value is -0.420. The van der Waals surface area contributed by atoms with Gasteiger partial charge in [0.2, 0.25) is 0 Å². The van der Waals surface area contributed by atoms with Crippen molar-refractivity contribution in [3.63, 3.8) is 0 Å².